The summed E-state index contributed by atoms with van der Waals surface area (Å²) in [5.41, 5.74) is 4.15. The zero-order valence-electron chi connectivity index (χ0n) is 17.1. The molecule has 28 heavy (non-hydrogen) atoms. The molecule has 2 aromatic rings. The number of rotatable bonds is 3. The van der Waals surface area contributed by atoms with E-state index in [-0.39, 0.29) is 5.91 Å². The van der Waals surface area contributed by atoms with E-state index < -0.39 is 0 Å². The Morgan fingerprint density at radius 1 is 1.00 bits per heavy atom. The van der Waals surface area contributed by atoms with E-state index in [4.69, 9.17) is 9.97 Å². The Hall–Kier alpha value is -2.47. The predicted octanol–water partition coefficient (Wildman–Crippen LogP) is 2.43. The van der Waals surface area contributed by atoms with Gasteiger partial charge in [0.1, 0.15) is 11.6 Å². The normalized spacial score (nSPS) is 17.5. The number of piperazine rings is 1. The molecule has 0 atom stereocenters. The maximum absolute atomic E-state index is 13.0. The number of fused-ring (bicyclic) bond motifs is 1. The van der Waals surface area contributed by atoms with Crippen LogP contribution in [0.1, 0.15) is 39.9 Å². The van der Waals surface area contributed by atoms with Crippen molar-refractivity contribution in [3.63, 3.8) is 0 Å². The van der Waals surface area contributed by atoms with Crippen LogP contribution in [-0.2, 0) is 13.0 Å². The van der Waals surface area contributed by atoms with Crippen LogP contribution < -0.4 is 4.90 Å². The first kappa shape index (κ1) is 18.9. The molecule has 0 spiro atoms. The van der Waals surface area contributed by atoms with Crippen LogP contribution in [-0.4, -0.2) is 64.9 Å². The number of benzene rings is 1. The molecule has 1 fully saturated rings. The number of nitrogens with zero attached hydrogens (tertiary/aromatic N) is 5. The topological polar surface area (TPSA) is 52.6 Å². The van der Waals surface area contributed by atoms with Crippen molar-refractivity contribution < 1.29 is 4.79 Å². The Kier molecular flexibility index (Phi) is 5.31. The lowest BCUT2D eigenvalue weighted by Crippen LogP contribution is -2.47. The van der Waals surface area contributed by atoms with E-state index in [0.717, 1.165) is 73.2 Å². The molecule has 0 bridgehead atoms. The fourth-order valence-corrected chi connectivity index (χ4v) is 4.11. The van der Waals surface area contributed by atoms with Crippen LogP contribution >= 0.6 is 0 Å². The maximum Gasteiger partial charge on any atom is 0.254 e. The maximum atomic E-state index is 13.0. The SMILES string of the molecule is CCN1CCN(c2nc(C)nc3c2CN(C(=O)c2ccc(C)cc2)CC3)CC1. The minimum absolute atomic E-state index is 0.0907. The summed E-state index contributed by atoms with van der Waals surface area (Å²) in [6.45, 7) is 12.7. The van der Waals surface area contributed by atoms with Crippen molar-refractivity contribution in [2.24, 2.45) is 0 Å². The van der Waals surface area contributed by atoms with E-state index in [1.807, 2.05) is 43.0 Å². The number of hydrogen-bond acceptors (Lipinski definition) is 5. The van der Waals surface area contributed by atoms with Crippen molar-refractivity contribution in [3.8, 4) is 0 Å². The molecule has 1 saturated heterocycles. The second-order valence-electron chi connectivity index (χ2n) is 7.78. The molecule has 6 heteroatoms. The second kappa shape index (κ2) is 7.87. The van der Waals surface area contributed by atoms with Crippen molar-refractivity contribution in [1.29, 1.82) is 0 Å². The minimum Gasteiger partial charge on any atom is -0.354 e. The Bertz CT molecular complexity index is 856. The summed E-state index contributed by atoms with van der Waals surface area (Å²) in [5, 5.41) is 0. The molecule has 6 nitrogen and oxygen atoms in total. The van der Waals surface area contributed by atoms with E-state index in [9.17, 15) is 4.79 Å². The van der Waals surface area contributed by atoms with Crippen LogP contribution in [0.25, 0.3) is 0 Å². The van der Waals surface area contributed by atoms with Crippen LogP contribution in [0.2, 0.25) is 0 Å². The van der Waals surface area contributed by atoms with Gasteiger partial charge in [0.25, 0.3) is 5.91 Å². The smallest absolute Gasteiger partial charge is 0.254 e. The Morgan fingerprint density at radius 3 is 2.39 bits per heavy atom. The van der Waals surface area contributed by atoms with Gasteiger partial charge in [-0.3, -0.25) is 4.79 Å². The third kappa shape index (κ3) is 3.74. The Balaban J connectivity index is 1.58. The van der Waals surface area contributed by atoms with Gasteiger partial charge in [-0.15, -0.1) is 0 Å². The number of likely N-dealkylation sites (N-methyl/N-ethyl adjacent to an activating group) is 1. The molecule has 0 aliphatic carbocycles. The molecule has 4 rings (SSSR count). The molecule has 2 aliphatic rings. The van der Waals surface area contributed by atoms with E-state index >= 15 is 0 Å². The van der Waals surface area contributed by atoms with Crippen LogP contribution in [0.5, 0.6) is 0 Å². The molecule has 0 radical (unpaired) electrons. The van der Waals surface area contributed by atoms with Crippen LogP contribution in [0.15, 0.2) is 24.3 Å². The van der Waals surface area contributed by atoms with Gasteiger partial charge in [0.2, 0.25) is 0 Å². The lowest BCUT2D eigenvalue weighted by atomic mass is 10.0. The van der Waals surface area contributed by atoms with Gasteiger partial charge in [-0.1, -0.05) is 24.6 Å². The van der Waals surface area contributed by atoms with Crippen molar-refractivity contribution >= 4 is 11.7 Å². The van der Waals surface area contributed by atoms with Gasteiger partial charge in [0.15, 0.2) is 0 Å². The molecule has 1 amide bonds. The van der Waals surface area contributed by atoms with Gasteiger partial charge in [-0.05, 0) is 32.5 Å². The van der Waals surface area contributed by atoms with Crippen molar-refractivity contribution in [2.45, 2.75) is 33.7 Å². The summed E-state index contributed by atoms with van der Waals surface area (Å²) in [6.07, 6.45) is 0.790. The van der Waals surface area contributed by atoms with Gasteiger partial charge in [-0.2, -0.15) is 0 Å². The van der Waals surface area contributed by atoms with E-state index in [1.165, 1.54) is 0 Å². The van der Waals surface area contributed by atoms with Crippen LogP contribution in [0.3, 0.4) is 0 Å². The van der Waals surface area contributed by atoms with Gasteiger partial charge in [0.05, 0.1) is 12.2 Å². The molecule has 0 saturated carbocycles. The van der Waals surface area contributed by atoms with Crippen molar-refractivity contribution in [2.75, 3.05) is 44.2 Å². The first-order chi connectivity index (χ1) is 13.5. The predicted molar refractivity (Wildman–Crippen MR) is 111 cm³/mol. The van der Waals surface area contributed by atoms with Crippen molar-refractivity contribution in [3.05, 3.63) is 52.5 Å². The largest absolute Gasteiger partial charge is 0.354 e. The fourth-order valence-electron chi connectivity index (χ4n) is 4.11. The average Bonchev–Trinajstić information content (AvgIpc) is 2.73. The molecule has 3 heterocycles. The lowest BCUT2D eigenvalue weighted by Gasteiger charge is -2.37. The van der Waals surface area contributed by atoms with E-state index in [2.05, 4.69) is 16.7 Å². The molecule has 0 unspecified atom stereocenters. The average molecular weight is 380 g/mol. The van der Waals surface area contributed by atoms with Crippen molar-refractivity contribution in [1.82, 2.24) is 19.8 Å². The summed E-state index contributed by atoms with van der Waals surface area (Å²) in [7, 11) is 0. The number of aryl methyl sites for hydroxylation is 2. The molecule has 0 N–H and O–H groups in total. The zero-order chi connectivity index (χ0) is 19.7. The highest BCUT2D eigenvalue weighted by molar-refractivity contribution is 5.94. The van der Waals surface area contributed by atoms with Crippen LogP contribution in [0, 0.1) is 13.8 Å². The summed E-state index contributed by atoms with van der Waals surface area (Å²) in [5.74, 6) is 1.94. The number of anilines is 1. The van der Waals surface area contributed by atoms with E-state index in [1.54, 1.807) is 0 Å². The fraction of sp³-hybridized carbons (Fsp3) is 0.500. The first-order valence-corrected chi connectivity index (χ1v) is 10.2. The third-order valence-corrected chi connectivity index (χ3v) is 5.85. The summed E-state index contributed by atoms with van der Waals surface area (Å²) < 4.78 is 0. The summed E-state index contributed by atoms with van der Waals surface area (Å²) in [6, 6.07) is 7.83. The number of carbonyl (C=O) groups excluding carboxylic acids is 1. The molecular formula is C22H29N5O. The Labute approximate surface area is 167 Å². The number of amides is 1. The van der Waals surface area contributed by atoms with E-state index in [0.29, 0.717) is 13.1 Å². The summed E-state index contributed by atoms with van der Waals surface area (Å²) in [4.78, 5) is 29.3. The highest BCUT2D eigenvalue weighted by atomic mass is 16.2. The number of carbonyl (C=O) groups is 1. The van der Waals surface area contributed by atoms with Gasteiger partial charge < -0.3 is 14.7 Å². The van der Waals surface area contributed by atoms with Gasteiger partial charge in [-0.25, -0.2) is 9.97 Å². The van der Waals surface area contributed by atoms with Gasteiger partial charge >= 0.3 is 0 Å². The first-order valence-electron chi connectivity index (χ1n) is 10.2. The van der Waals surface area contributed by atoms with Crippen LogP contribution in [0.4, 0.5) is 5.82 Å². The zero-order valence-corrected chi connectivity index (χ0v) is 17.1. The summed E-state index contributed by atoms with van der Waals surface area (Å²) >= 11 is 0. The molecule has 2 aliphatic heterocycles. The second-order valence-corrected chi connectivity index (χ2v) is 7.78. The highest BCUT2D eigenvalue weighted by Gasteiger charge is 2.28. The lowest BCUT2D eigenvalue weighted by molar-refractivity contribution is 0.0733. The number of aromatic nitrogens is 2. The monoisotopic (exact) mass is 379 g/mol. The molecule has 148 valence electrons. The standard InChI is InChI=1S/C22H29N5O/c1-4-25-11-13-26(14-12-25)21-19-15-27(10-9-20(19)23-17(3)24-21)22(28)18-7-5-16(2)6-8-18/h5-8H,4,9-15H2,1-3H3. The molecule has 1 aromatic heterocycles. The third-order valence-electron chi connectivity index (χ3n) is 5.85. The molecular weight excluding hydrogens is 350 g/mol. The quantitative estimate of drug-likeness (QED) is 0.820. The number of hydrogen-bond donors (Lipinski definition) is 0. The molecule has 1 aromatic carbocycles. The van der Waals surface area contributed by atoms with Gasteiger partial charge in [0, 0.05) is 50.3 Å². The minimum atomic E-state index is 0.0907. The Morgan fingerprint density at radius 2 is 1.71 bits per heavy atom. The highest BCUT2D eigenvalue weighted by Crippen LogP contribution is 2.28.